The summed E-state index contributed by atoms with van der Waals surface area (Å²) in [4.78, 5) is 22.9. The van der Waals surface area contributed by atoms with E-state index in [1.807, 2.05) is 16.8 Å². The molecule has 0 bridgehead atoms. The summed E-state index contributed by atoms with van der Waals surface area (Å²) in [5.41, 5.74) is 0.504. The van der Waals surface area contributed by atoms with Gasteiger partial charge in [-0.15, -0.1) is 0 Å². The Morgan fingerprint density at radius 3 is 2.85 bits per heavy atom. The summed E-state index contributed by atoms with van der Waals surface area (Å²) >= 11 is 0. The first-order valence-electron chi connectivity index (χ1n) is 6.42. The van der Waals surface area contributed by atoms with Crippen molar-refractivity contribution in [3.05, 3.63) is 35.8 Å². The van der Waals surface area contributed by atoms with E-state index in [-0.39, 0.29) is 17.4 Å². The monoisotopic (exact) mass is 274 g/mol. The number of aromatic nitrogens is 3. The largest absolute Gasteiger partial charge is 0.477 e. The normalized spacial score (nSPS) is 14.8. The molecule has 20 heavy (non-hydrogen) atoms. The van der Waals surface area contributed by atoms with Crippen LogP contribution in [-0.2, 0) is 0 Å². The maximum atomic E-state index is 12.2. The van der Waals surface area contributed by atoms with Crippen LogP contribution >= 0.6 is 0 Å². The molecule has 1 saturated carbocycles. The van der Waals surface area contributed by atoms with E-state index in [1.165, 1.54) is 12.5 Å². The zero-order valence-electron chi connectivity index (χ0n) is 10.7. The highest BCUT2D eigenvalue weighted by molar-refractivity contribution is 6.03. The standard InChI is InChI=1S/C13H14N4O3/c18-12(14-11-7-9(13(19)20)15-16-11)10-5-2-6-17(10)8-3-1-4-8/h2,5-8H,1,3-4H2,(H,19,20)(H2,14,15,16,18). The average molecular weight is 274 g/mol. The first-order valence-corrected chi connectivity index (χ1v) is 6.42. The smallest absolute Gasteiger partial charge is 0.353 e. The highest BCUT2D eigenvalue weighted by Gasteiger charge is 2.23. The number of rotatable bonds is 4. The number of carboxylic acids is 1. The van der Waals surface area contributed by atoms with Gasteiger partial charge in [-0.1, -0.05) is 0 Å². The number of carbonyl (C=O) groups is 2. The first-order chi connectivity index (χ1) is 9.65. The van der Waals surface area contributed by atoms with Crippen LogP contribution in [0, 0.1) is 0 Å². The van der Waals surface area contributed by atoms with Gasteiger partial charge in [0.25, 0.3) is 5.91 Å². The molecule has 0 unspecified atom stereocenters. The molecule has 1 amide bonds. The number of nitrogens with one attached hydrogen (secondary N) is 2. The van der Waals surface area contributed by atoms with Crippen LogP contribution in [0.25, 0.3) is 0 Å². The van der Waals surface area contributed by atoms with Gasteiger partial charge in [0.05, 0.1) is 0 Å². The van der Waals surface area contributed by atoms with Gasteiger partial charge in [-0.2, -0.15) is 5.10 Å². The molecular formula is C13H14N4O3. The van der Waals surface area contributed by atoms with Crippen molar-refractivity contribution < 1.29 is 14.7 Å². The van der Waals surface area contributed by atoms with E-state index in [2.05, 4.69) is 15.5 Å². The number of aromatic carboxylic acids is 1. The maximum Gasteiger partial charge on any atom is 0.353 e. The van der Waals surface area contributed by atoms with Gasteiger partial charge in [-0.3, -0.25) is 9.89 Å². The molecule has 0 radical (unpaired) electrons. The molecule has 7 nitrogen and oxygen atoms in total. The predicted octanol–water partition coefficient (Wildman–Crippen LogP) is 1.89. The lowest BCUT2D eigenvalue weighted by molar-refractivity contribution is 0.0690. The maximum absolute atomic E-state index is 12.2. The zero-order valence-corrected chi connectivity index (χ0v) is 10.7. The van der Waals surface area contributed by atoms with E-state index in [0.29, 0.717) is 11.7 Å². The topological polar surface area (TPSA) is 100 Å². The Kier molecular flexibility index (Phi) is 3.02. The van der Waals surface area contributed by atoms with Crippen LogP contribution in [0.3, 0.4) is 0 Å². The number of anilines is 1. The van der Waals surface area contributed by atoms with Crippen molar-refractivity contribution in [3.63, 3.8) is 0 Å². The SMILES string of the molecule is O=C(O)c1cc(NC(=O)c2cccn2C2CCC2)n[nH]1. The van der Waals surface area contributed by atoms with Crippen LogP contribution in [0.5, 0.6) is 0 Å². The van der Waals surface area contributed by atoms with Crippen molar-refractivity contribution in [3.8, 4) is 0 Å². The molecule has 3 rings (SSSR count). The van der Waals surface area contributed by atoms with Gasteiger partial charge < -0.3 is 15.0 Å². The van der Waals surface area contributed by atoms with Crippen molar-refractivity contribution in [2.45, 2.75) is 25.3 Å². The number of carboxylic acid groups (broad SMARTS) is 1. The van der Waals surface area contributed by atoms with Crippen LogP contribution in [0.2, 0.25) is 0 Å². The molecule has 0 saturated heterocycles. The zero-order chi connectivity index (χ0) is 14.1. The summed E-state index contributed by atoms with van der Waals surface area (Å²) in [5, 5.41) is 17.5. The molecular weight excluding hydrogens is 260 g/mol. The van der Waals surface area contributed by atoms with Gasteiger partial charge in [0.1, 0.15) is 11.4 Å². The van der Waals surface area contributed by atoms with Crippen molar-refractivity contribution in [1.82, 2.24) is 14.8 Å². The third-order valence-electron chi connectivity index (χ3n) is 3.53. The van der Waals surface area contributed by atoms with Crippen molar-refractivity contribution in [2.24, 2.45) is 0 Å². The second-order valence-corrected chi connectivity index (χ2v) is 4.81. The van der Waals surface area contributed by atoms with Gasteiger partial charge in [0.2, 0.25) is 0 Å². The van der Waals surface area contributed by atoms with Crippen molar-refractivity contribution in [1.29, 1.82) is 0 Å². The number of H-pyrrole nitrogens is 1. The Bertz CT molecular complexity index is 654. The van der Waals surface area contributed by atoms with Crippen LogP contribution in [0.1, 0.15) is 46.3 Å². The minimum Gasteiger partial charge on any atom is -0.477 e. The van der Waals surface area contributed by atoms with Gasteiger partial charge in [-0.25, -0.2) is 4.79 Å². The van der Waals surface area contributed by atoms with Gasteiger partial charge in [-0.05, 0) is 31.4 Å². The summed E-state index contributed by atoms with van der Waals surface area (Å²) in [6, 6.07) is 5.26. The van der Waals surface area contributed by atoms with E-state index < -0.39 is 5.97 Å². The number of carbonyl (C=O) groups excluding carboxylic acids is 1. The summed E-state index contributed by atoms with van der Waals surface area (Å²) < 4.78 is 1.96. The average Bonchev–Trinajstić information content (AvgIpc) is 2.95. The third-order valence-corrected chi connectivity index (χ3v) is 3.53. The molecule has 0 aliphatic heterocycles. The van der Waals surface area contributed by atoms with E-state index in [9.17, 15) is 9.59 Å². The Morgan fingerprint density at radius 2 is 2.25 bits per heavy atom. The molecule has 3 N–H and O–H groups in total. The lowest BCUT2D eigenvalue weighted by atomic mass is 9.93. The van der Waals surface area contributed by atoms with Crippen LogP contribution in [0.15, 0.2) is 24.4 Å². The van der Waals surface area contributed by atoms with E-state index >= 15 is 0 Å². The first kappa shape index (κ1) is 12.5. The van der Waals surface area contributed by atoms with E-state index in [4.69, 9.17) is 5.11 Å². The summed E-state index contributed by atoms with van der Waals surface area (Å²) in [5.74, 6) is -1.20. The molecule has 7 heteroatoms. The lowest BCUT2D eigenvalue weighted by Crippen LogP contribution is -2.23. The molecule has 1 aliphatic rings. The molecule has 0 spiro atoms. The number of nitrogens with zero attached hydrogens (tertiary/aromatic N) is 2. The molecule has 1 fully saturated rings. The minimum atomic E-state index is -1.11. The second kappa shape index (κ2) is 4.84. The van der Waals surface area contributed by atoms with Gasteiger partial charge in [0.15, 0.2) is 5.82 Å². The fourth-order valence-corrected chi connectivity index (χ4v) is 2.25. The molecule has 104 valence electrons. The van der Waals surface area contributed by atoms with Crippen molar-refractivity contribution in [2.75, 3.05) is 5.32 Å². The fraction of sp³-hybridized carbons (Fsp3) is 0.308. The molecule has 2 heterocycles. The Morgan fingerprint density at radius 1 is 1.45 bits per heavy atom. The quantitative estimate of drug-likeness (QED) is 0.792. The minimum absolute atomic E-state index is 0.0605. The molecule has 2 aromatic rings. The van der Waals surface area contributed by atoms with Crippen LogP contribution in [0.4, 0.5) is 5.82 Å². The van der Waals surface area contributed by atoms with Crippen molar-refractivity contribution >= 4 is 17.7 Å². The summed E-state index contributed by atoms with van der Waals surface area (Å²) in [6.45, 7) is 0. The number of amides is 1. The number of hydrogen-bond acceptors (Lipinski definition) is 3. The van der Waals surface area contributed by atoms with E-state index in [0.717, 1.165) is 12.8 Å². The van der Waals surface area contributed by atoms with E-state index in [1.54, 1.807) is 6.07 Å². The molecule has 0 atom stereocenters. The summed E-state index contributed by atoms with van der Waals surface area (Å²) in [6.07, 6.45) is 5.25. The molecule has 0 aromatic carbocycles. The molecule has 1 aliphatic carbocycles. The number of aromatic amines is 1. The van der Waals surface area contributed by atoms with Gasteiger partial charge in [0, 0.05) is 18.3 Å². The third kappa shape index (κ3) is 2.18. The lowest BCUT2D eigenvalue weighted by Gasteiger charge is -2.28. The Hall–Kier alpha value is -2.57. The number of hydrogen-bond donors (Lipinski definition) is 3. The molecule has 2 aromatic heterocycles. The predicted molar refractivity (Wildman–Crippen MR) is 70.8 cm³/mol. The highest BCUT2D eigenvalue weighted by Crippen LogP contribution is 2.32. The summed E-state index contributed by atoms with van der Waals surface area (Å²) in [7, 11) is 0. The van der Waals surface area contributed by atoms with Crippen LogP contribution < -0.4 is 5.32 Å². The second-order valence-electron chi connectivity index (χ2n) is 4.81. The fourth-order valence-electron chi connectivity index (χ4n) is 2.25. The van der Waals surface area contributed by atoms with Gasteiger partial charge >= 0.3 is 5.97 Å². The van der Waals surface area contributed by atoms with Crippen LogP contribution in [-0.4, -0.2) is 31.7 Å². The highest BCUT2D eigenvalue weighted by atomic mass is 16.4. The Balaban J connectivity index is 1.75. The Labute approximate surface area is 114 Å².